The lowest BCUT2D eigenvalue weighted by Crippen LogP contribution is -2.54. The predicted molar refractivity (Wildman–Crippen MR) is 233 cm³/mol. The van der Waals surface area contributed by atoms with Gasteiger partial charge in [0.2, 0.25) is 11.8 Å². The first kappa shape index (κ1) is 41.5. The van der Waals surface area contributed by atoms with Crippen molar-refractivity contribution < 1.29 is 23.9 Å². The summed E-state index contributed by atoms with van der Waals surface area (Å²) in [5.41, 5.74) is 9.28. The topological polar surface area (TPSA) is 190 Å². The smallest absolute Gasteiger partial charge is 0.255 e. The van der Waals surface area contributed by atoms with Crippen LogP contribution in [0.3, 0.4) is 0 Å². The van der Waals surface area contributed by atoms with Gasteiger partial charge < -0.3 is 35.4 Å². The zero-order chi connectivity index (χ0) is 42.5. The van der Waals surface area contributed by atoms with Gasteiger partial charge >= 0.3 is 0 Å². The maximum absolute atomic E-state index is 13.3. The fraction of sp³-hybridized carbons (Fsp3) is 0.413. The number of carbonyl (C=O) groups is 4. The number of piperidine rings is 3. The standard InChI is InChI=1S/C46H54N10O5/c1-53(39-13-14-40(58)52-45(39)59)46(60)38-12-9-35(23-33(38)28-57)56-21-15-30(16-22-56)24-55-26-31(27-55)25-54-19-17-34(18-20-54)51-44-41(43(48)49-29-50-44)42(47)32-7-10-37(11-8-32)61-36-5-3-2-4-6-36/h2-12,23,28-31,34,39,47H,13-22,24-27H2,1H3,(H,52,58,59)(H3,48,49,50,51). The van der Waals surface area contributed by atoms with E-state index in [-0.39, 0.29) is 41.9 Å². The van der Waals surface area contributed by atoms with Crippen molar-refractivity contribution >= 4 is 47.0 Å². The summed E-state index contributed by atoms with van der Waals surface area (Å²) in [6.07, 6.45) is 6.66. The van der Waals surface area contributed by atoms with E-state index in [0.717, 1.165) is 89.5 Å². The molecule has 4 fully saturated rings. The summed E-state index contributed by atoms with van der Waals surface area (Å²) in [6.45, 7) is 8.21. The van der Waals surface area contributed by atoms with E-state index < -0.39 is 17.9 Å². The Hall–Kier alpha value is -6.19. The van der Waals surface area contributed by atoms with E-state index in [1.807, 2.05) is 60.7 Å². The van der Waals surface area contributed by atoms with Crippen LogP contribution in [-0.2, 0) is 9.59 Å². The van der Waals surface area contributed by atoms with Crippen molar-refractivity contribution in [3.8, 4) is 11.5 Å². The van der Waals surface area contributed by atoms with Crippen LogP contribution in [-0.4, -0.2) is 126 Å². The van der Waals surface area contributed by atoms with Crippen LogP contribution >= 0.6 is 0 Å². The molecule has 4 saturated heterocycles. The van der Waals surface area contributed by atoms with Crippen LogP contribution in [0.15, 0.2) is 79.1 Å². The number of likely N-dealkylation sites (N-methyl/N-ethyl adjacent to an activating group) is 1. The number of nitrogens with zero attached hydrogens (tertiary/aromatic N) is 6. The highest BCUT2D eigenvalue weighted by molar-refractivity contribution is 6.16. The number of amides is 3. The molecule has 3 amide bonds. The number of aromatic nitrogens is 2. The number of carbonyl (C=O) groups excluding carboxylic acids is 4. The van der Waals surface area contributed by atoms with E-state index in [1.54, 1.807) is 12.1 Å². The molecule has 318 valence electrons. The van der Waals surface area contributed by atoms with Crippen molar-refractivity contribution in [3.05, 3.63) is 101 Å². The van der Waals surface area contributed by atoms with Gasteiger partial charge in [0.15, 0.2) is 6.29 Å². The molecule has 4 aliphatic rings. The van der Waals surface area contributed by atoms with Crippen LogP contribution in [0.2, 0.25) is 0 Å². The maximum Gasteiger partial charge on any atom is 0.255 e. The number of hydrogen-bond donors (Lipinski definition) is 4. The van der Waals surface area contributed by atoms with Crippen LogP contribution in [0.4, 0.5) is 17.3 Å². The number of rotatable bonds is 14. The van der Waals surface area contributed by atoms with Gasteiger partial charge in [0, 0.05) is 88.7 Å². The van der Waals surface area contributed by atoms with E-state index in [1.165, 1.54) is 18.3 Å². The van der Waals surface area contributed by atoms with E-state index in [0.29, 0.717) is 46.4 Å². The largest absolute Gasteiger partial charge is 0.457 e. The molecule has 5 N–H and O–H groups in total. The van der Waals surface area contributed by atoms with Gasteiger partial charge in [-0.05, 0) is 98.5 Å². The second-order valence-electron chi connectivity index (χ2n) is 16.8. The number of likely N-dealkylation sites (tertiary alicyclic amines) is 2. The third-order valence-electron chi connectivity index (χ3n) is 12.6. The van der Waals surface area contributed by atoms with Gasteiger partial charge in [0.1, 0.15) is 35.5 Å². The number of ether oxygens (including phenoxy) is 1. The molecule has 0 aliphatic carbocycles. The lowest BCUT2D eigenvalue weighted by molar-refractivity contribution is -0.136. The van der Waals surface area contributed by atoms with Crippen molar-refractivity contribution in [2.45, 2.75) is 50.6 Å². The number of nitrogens with one attached hydrogen (secondary N) is 3. The third-order valence-corrected chi connectivity index (χ3v) is 12.6. The molecule has 1 atom stereocenters. The molecule has 0 bridgehead atoms. The highest BCUT2D eigenvalue weighted by Crippen LogP contribution is 2.30. The number of hydrogen-bond acceptors (Lipinski definition) is 13. The summed E-state index contributed by atoms with van der Waals surface area (Å²) >= 11 is 0. The number of para-hydroxylation sites is 1. The first-order valence-electron chi connectivity index (χ1n) is 21.3. The van der Waals surface area contributed by atoms with Crippen molar-refractivity contribution in [1.82, 2.24) is 30.0 Å². The van der Waals surface area contributed by atoms with Crippen molar-refractivity contribution in [3.63, 3.8) is 0 Å². The Balaban J connectivity index is 0.753. The molecule has 15 nitrogen and oxygen atoms in total. The van der Waals surface area contributed by atoms with E-state index in [9.17, 15) is 19.2 Å². The Kier molecular flexibility index (Phi) is 12.7. The molecule has 15 heteroatoms. The molecule has 61 heavy (non-hydrogen) atoms. The number of anilines is 3. The number of benzene rings is 3. The Bertz CT molecular complexity index is 2230. The minimum absolute atomic E-state index is 0.172. The number of aldehydes is 1. The SMILES string of the molecule is CN(C(=O)c1ccc(N2CCC(CN3CC(CN4CCC(Nc5ncnc(N)c5C(=N)c5ccc(Oc6ccccc6)cc5)CC4)C3)CC2)cc1C=O)C1CCC(=O)NC1=O. The van der Waals surface area contributed by atoms with Gasteiger partial charge in [-0.2, -0.15) is 0 Å². The van der Waals surface area contributed by atoms with E-state index >= 15 is 0 Å². The Morgan fingerprint density at radius 1 is 0.902 bits per heavy atom. The Morgan fingerprint density at radius 3 is 2.31 bits per heavy atom. The summed E-state index contributed by atoms with van der Waals surface area (Å²) in [5.74, 6) is 2.33. The second kappa shape index (κ2) is 18.6. The zero-order valence-electron chi connectivity index (χ0n) is 34.6. The van der Waals surface area contributed by atoms with Gasteiger partial charge in [-0.15, -0.1) is 0 Å². The fourth-order valence-electron chi connectivity index (χ4n) is 9.13. The maximum atomic E-state index is 13.3. The predicted octanol–water partition coefficient (Wildman–Crippen LogP) is 4.68. The summed E-state index contributed by atoms with van der Waals surface area (Å²) in [5, 5.41) is 14.9. The second-order valence-corrected chi connectivity index (χ2v) is 16.8. The van der Waals surface area contributed by atoms with E-state index in [2.05, 4.69) is 35.3 Å². The fourth-order valence-corrected chi connectivity index (χ4v) is 9.13. The van der Waals surface area contributed by atoms with Gasteiger partial charge in [0.05, 0.1) is 16.8 Å². The minimum Gasteiger partial charge on any atom is -0.457 e. The summed E-state index contributed by atoms with van der Waals surface area (Å²) in [4.78, 5) is 66.8. The molecular weight excluding hydrogens is 773 g/mol. The van der Waals surface area contributed by atoms with Crippen LogP contribution < -0.4 is 26.0 Å². The van der Waals surface area contributed by atoms with Gasteiger partial charge in [-0.3, -0.25) is 29.9 Å². The molecule has 0 spiro atoms. The van der Waals surface area contributed by atoms with E-state index in [4.69, 9.17) is 15.9 Å². The van der Waals surface area contributed by atoms with Crippen molar-refractivity contribution in [2.75, 3.05) is 75.4 Å². The molecule has 0 radical (unpaired) electrons. The number of imide groups is 1. The molecule has 1 aromatic heterocycles. The van der Waals surface area contributed by atoms with Crippen LogP contribution in [0.1, 0.15) is 70.4 Å². The van der Waals surface area contributed by atoms with Gasteiger partial charge in [0.25, 0.3) is 5.91 Å². The zero-order valence-corrected chi connectivity index (χ0v) is 34.6. The molecule has 8 rings (SSSR count). The number of nitrogens with two attached hydrogens (primary N) is 1. The summed E-state index contributed by atoms with van der Waals surface area (Å²) < 4.78 is 5.93. The monoisotopic (exact) mass is 826 g/mol. The van der Waals surface area contributed by atoms with Crippen LogP contribution in [0.25, 0.3) is 0 Å². The summed E-state index contributed by atoms with van der Waals surface area (Å²) in [7, 11) is 1.54. The van der Waals surface area contributed by atoms with Gasteiger partial charge in [-0.25, -0.2) is 9.97 Å². The Labute approximate surface area is 356 Å². The average Bonchev–Trinajstić information content (AvgIpc) is 3.26. The first-order chi connectivity index (χ1) is 29.6. The lowest BCUT2D eigenvalue weighted by atomic mass is 9.91. The Morgan fingerprint density at radius 2 is 1.61 bits per heavy atom. The molecular formula is C46H54N10O5. The molecule has 3 aromatic carbocycles. The minimum atomic E-state index is -0.751. The molecule has 5 heterocycles. The summed E-state index contributed by atoms with van der Waals surface area (Å²) in [6, 6.07) is 21.8. The molecule has 1 unspecified atom stereocenters. The molecule has 0 saturated carbocycles. The highest BCUT2D eigenvalue weighted by atomic mass is 16.5. The number of nitrogen functional groups attached to an aromatic ring is 1. The quantitative estimate of drug-likeness (QED) is 0.0782. The highest BCUT2D eigenvalue weighted by Gasteiger charge is 2.35. The van der Waals surface area contributed by atoms with Gasteiger partial charge in [-0.1, -0.05) is 18.2 Å². The average molecular weight is 827 g/mol. The van der Waals surface area contributed by atoms with Crippen molar-refractivity contribution in [2.24, 2.45) is 11.8 Å². The van der Waals surface area contributed by atoms with Crippen molar-refractivity contribution in [1.29, 1.82) is 5.41 Å². The molecule has 4 aliphatic heterocycles. The normalized spacial score (nSPS) is 19.5. The molecule has 4 aromatic rings. The first-order valence-corrected chi connectivity index (χ1v) is 21.3. The lowest BCUT2D eigenvalue weighted by Gasteiger charge is -2.45. The van der Waals surface area contributed by atoms with Crippen LogP contribution in [0, 0.1) is 17.2 Å². The van der Waals surface area contributed by atoms with Crippen LogP contribution in [0.5, 0.6) is 11.5 Å². The third kappa shape index (κ3) is 9.73.